The van der Waals surface area contributed by atoms with Gasteiger partial charge in [0.2, 0.25) is 0 Å². The zero-order valence-corrected chi connectivity index (χ0v) is 10.6. The van der Waals surface area contributed by atoms with E-state index < -0.39 is 0 Å². The van der Waals surface area contributed by atoms with Crippen LogP contribution in [0.5, 0.6) is 0 Å². The minimum Gasteiger partial charge on any atom is -0.387 e. The summed E-state index contributed by atoms with van der Waals surface area (Å²) in [7, 11) is 0. The lowest BCUT2D eigenvalue weighted by Gasteiger charge is -2.20. The molecule has 1 aliphatic rings. The van der Waals surface area contributed by atoms with E-state index in [0.29, 0.717) is 0 Å². The van der Waals surface area contributed by atoms with Gasteiger partial charge in [0.1, 0.15) is 0 Å². The molecule has 0 atom stereocenters. The van der Waals surface area contributed by atoms with Gasteiger partial charge in [-0.1, -0.05) is 27.7 Å². The maximum Gasteiger partial charge on any atom is 0.0991 e. The fraction of sp³-hybridized carbons (Fsp3) is 0.917. The highest BCUT2D eigenvalue weighted by atomic mass is 15.2. The van der Waals surface area contributed by atoms with Gasteiger partial charge in [-0.3, -0.25) is 9.89 Å². The van der Waals surface area contributed by atoms with Crippen molar-refractivity contribution in [1.29, 1.82) is 0 Å². The Morgan fingerprint density at radius 2 is 2.00 bits per heavy atom. The second-order valence-electron chi connectivity index (χ2n) is 5.38. The summed E-state index contributed by atoms with van der Waals surface area (Å²) in [4.78, 5) is 6.95. The van der Waals surface area contributed by atoms with E-state index in [1.807, 2.05) is 0 Å². The summed E-state index contributed by atoms with van der Waals surface area (Å²) in [5.41, 5.74) is 5.91. The van der Waals surface area contributed by atoms with Crippen LogP contribution in [0.25, 0.3) is 0 Å². The van der Waals surface area contributed by atoms with Crippen molar-refractivity contribution in [3.63, 3.8) is 0 Å². The van der Waals surface area contributed by atoms with Crippen LogP contribution in [-0.2, 0) is 0 Å². The van der Waals surface area contributed by atoms with Crippen molar-refractivity contribution in [1.82, 2.24) is 4.90 Å². The van der Waals surface area contributed by atoms with E-state index >= 15 is 0 Å². The van der Waals surface area contributed by atoms with Crippen LogP contribution in [0.4, 0.5) is 0 Å². The molecule has 0 aliphatic heterocycles. The second-order valence-corrected chi connectivity index (χ2v) is 5.38. The highest BCUT2D eigenvalue weighted by Gasteiger charge is 2.27. The molecule has 0 radical (unpaired) electrons. The van der Waals surface area contributed by atoms with Crippen LogP contribution < -0.4 is 5.73 Å². The lowest BCUT2D eigenvalue weighted by Crippen LogP contribution is -2.32. The monoisotopic (exact) mass is 211 g/mol. The summed E-state index contributed by atoms with van der Waals surface area (Å²) in [5.74, 6) is 0.773. The molecule has 0 bridgehead atoms. The number of nitrogens with two attached hydrogens (primary N) is 1. The Balaban J connectivity index is 2.30. The maximum atomic E-state index is 5.90. The number of nitrogens with zero attached hydrogens (tertiary/aromatic N) is 2. The lowest BCUT2D eigenvalue weighted by atomic mass is 9.95. The van der Waals surface area contributed by atoms with E-state index in [9.17, 15) is 0 Å². The molecular formula is C12H25N3. The Labute approximate surface area is 93.7 Å². The molecule has 0 amide bonds. The van der Waals surface area contributed by atoms with E-state index in [-0.39, 0.29) is 5.41 Å². The average molecular weight is 211 g/mol. The van der Waals surface area contributed by atoms with E-state index in [4.69, 9.17) is 5.73 Å². The Bertz CT molecular complexity index is 224. The van der Waals surface area contributed by atoms with Crippen molar-refractivity contribution in [2.24, 2.45) is 16.1 Å². The summed E-state index contributed by atoms with van der Waals surface area (Å²) in [6, 6.07) is 0.834. The fourth-order valence-electron chi connectivity index (χ4n) is 1.57. The van der Waals surface area contributed by atoms with Crippen LogP contribution in [0.1, 0.15) is 40.5 Å². The maximum absolute atomic E-state index is 5.90. The summed E-state index contributed by atoms with van der Waals surface area (Å²) in [6.45, 7) is 11.6. The van der Waals surface area contributed by atoms with Crippen LogP contribution >= 0.6 is 0 Å². The van der Waals surface area contributed by atoms with Gasteiger partial charge in [-0.25, -0.2) is 0 Å². The van der Waals surface area contributed by atoms with Crippen LogP contribution in [0.15, 0.2) is 4.99 Å². The highest BCUT2D eigenvalue weighted by Crippen LogP contribution is 2.26. The van der Waals surface area contributed by atoms with Gasteiger partial charge < -0.3 is 5.73 Å². The molecule has 3 nitrogen and oxygen atoms in total. The predicted octanol–water partition coefficient (Wildman–Crippen LogP) is 1.87. The fourth-order valence-corrected chi connectivity index (χ4v) is 1.57. The molecular weight excluding hydrogens is 186 g/mol. The normalized spacial score (nSPS) is 18.6. The average Bonchev–Trinajstić information content (AvgIpc) is 2.93. The van der Waals surface area contributed by atoms with Crippen LogP contribution in [0, 0.1) is 5.41 Å². The molecule has 0 saturated heterocycles. The smallest absolute Gasteiger partial charge is 0.0991 e. The Hall–Kier alpha value is -0.570. The van der Waals surface area contributed by atoms with Crippen LogP contribution in [-0.4, -0.2) is 36.4 Å². The quantitative estimate of drug-likeness (QED) is 0.557. The number of hydrogen-bond donors (Lipinski definition) is 1. The van der Waals surface area contributed by atoms with E-state index in [1.165, 1.54) is 12.8 Å². The van der Waals surface area contributed by atoms with Crippen molar-refractivity contribution < 1.29 is 0 Å². The number of rotatable bonds is 5. The number of aliphatic imine (C=N–C) groups is 1. The van der Waals surface area contributed by atoms with Crippen molar-refractivity contribution in [2.45, 2.75) is 46.6 Å². The summed E-state index contributed by atoms with van der Waals surface area (Å²) < 4.78 is 0. The first-order valence-electron chi connectivity index (χ1n) is 5.99. The number of hydrogen-bond acceptors (Lipinski definition) is 2. The predicted molar refractivity (Wildman–Crippen MR) is 66.2 cm³/mol. The molecule has 0 aromatic heterocycles. The summed E-state index contributed by atoms with van der Waals surface area (Å²) >= 11 is 0. The van der Waals surface area contributed by atoms with Crippen LogP contribution in [0.2, 0.25) is 0 Å². The van der Waals surface area contributed by atoms with Gasteiger partial charge in [0.05, 0.1) is 12.4 Å². The van der Waals surface area contributed by atoms with Crippen molar-refractivity contribution in [2.75, 3.05) is 19.6 Å². The van der Waals surface area contributed by atoms with Gasteiger partial charge in [-0.15, -0.1) is 0 Å². The standard InChI is InChI=1S/C12H25N3/c1-5-15(10-6-7-10)9-8-14-11(13)12(2,3)4/h10H,5-9H2,1-4H3,(H2,13,14). The topological polar surface area (TPSA) is 41.6 Å². The Morgan fingerprint density at radius 1 is 1.40 bits per heavy atom. The first-order chi connectivity index (χ1) is 6.95. The van der Waals surface area contributed by atoms with Gasteiger partial charge in [-0.05, 0) is 19.4 Å². The second kappa shape index (κ2) is 4.97. The van der Waals surface area contributed by atoms with Gasteiger partial charge in [0.25, 0.3) is 0 Å². The van der Waals surface area contributed by atoms with Gasteiger partial charge >= 0.3 is 0 Å². The lowest BCUT2D eigenvalue weighted by molar-refractivity contribution is 0.286. The summed E-state index contributed by atoms with van der Waals surface area (Å²) in [5, 5.41) is 0. The van der Waals surface area contributed by atoms with Crippen molar-refractivity contribution in [3.05, 3.63) is 0 Å². The molecule has 0 heterocycles. The van der Waals surface area contributed by atoms with Crippen molar-refractivity contribution in [3.8, 4) is 0 Å². The van der Waals surface area contributed by atoms with Gasteiger partial charge in [0, 0.05) is 18.0 Å². The molecule has 0 aromatic carbocycles. The third-order valence-corrected chi connectivity index (χ3v) is 2.91. The molecule has 0 spiro atoms. The molecule has 0 aromatic rings. The summed E-state index contributed by atoms with van der Waals surface area (Å²) in [6.07, 6.45) is 2.73. The minimum atomic E-state index is 0.0105. The molecule has 0 unspecified atom stereocenters. The molecule has 1 aliphatic carbocycles. The van der Waals surface area contributed by atoms with E-state index in [0.717, 1.165) is 31.5 Å². The minimum absolute atomic E-state index is 0.0105. The van der Waals surface area contributed by atoms with Crippen LogP contribution in [0.3, 0.4) is 0 Å². The number of amidine groups is 1. The molecule has 3 heteroatoms. The highest BCUT2D eigenvalue weighted by molar-refractivity contribution is 5.85. The molecule has 15 heavy (non-hydrogen) atoms. The molecule has 2 N–H and O–H groups in total. The molecule has 88 valence electrons. The molecule has 1 fully saturated rings. The van der Waals surface area contributed by atoms with Gasteiger partial charge in [0.15, 0.2) is 0 Å². The first kappa shape index (κ1) is 12.5. The zero-order valence-electron chi connectivity index (χ0n) is 10.6. The Kier molecular flexibility index (Phi) is 4.14. The molecule has 1 rings (SSSR count). The Morgan fingerprint density at radius 3 is 2.40 bits per heavy atom. The van der Waals surface area contributed by atoms with Gasteiger partial charge in [-0.2, -0.15) is 0 Å². The first-order valence-corrected chi connectivity index (χ1v) is 5.99. The van der Waals surface area contributed by atoms with Crippen molar-refractivity contribution >= 4 is 5.84 Å². The van der Waals surface area contributed by atoms with E-state index in [1.54, 1.807) is 0 Å². The third-order valence-electron chi connectivity index (χ3n) is 2.91. The zero-order chi connectivity index (χ0) is 11.5. The van der Waals surface area contributed by atoms with E-state index in [2.05, 4.69) is 37.6 Å². The molecule has 1 saturated carbocycles. The number of likely N-dealkylation sites (N-methyl/N-ethyl adjacent to an activating group) is 1. The largest absolute Gasteiger partial charge is 0.387 e. The third kappa shape index (κ3) is 4.20. The SMILES string of the molecule is CCN(CCN=C(N)C(C)(C)C)C1CC1.